The monoisotopic (exact) mass is 386 g/mol. The number of aryl methyl sites for hydroxylation is 1. The Morgan fingerprint density at radius 2 is 1.83 bits per heavy atom. The van der Waals surface area contributed by atoms with Gasteiger partial charge in [-0.15, -0.1) is 10.2 Å². The molecule has 5 heteroatoms. The Morgan fingerprint density at radius 3 is 2.59 bits per heavy atom. The van der Waals surface area contributed by atoms with Crippen molar-refractivity contribution < 1.29 is 4.79 Å². The number of benzene rings is 2. The maximum Gasteiger partial charge on any atom is 0.225 e. The van der Waals surface area contributed by atoms with Gasteiger partial charge in [0.25, 0.3) is 0 Å². The van der Waals surface area contributed by atoms with Gasteiger partial charge >= 0.3 is 0 Å². The molecule has 1 unspecified atom stereocenters. The summed E-state index contributed by atoms with van der Waals surface area (Å²) in [5.74, 6) is 2.04. The van der Waals surface area contributed by atoms with Crippen LogP contribution in [0.3, 0.4) is 0 Å². The molecule has 2 fully saturated rings. The molecular formula is C24H26N4O. The van der Waals surface area contributed by atoms with Gasteiger partial charge in [-0.25, -0.2) is 0 Å². The average molecular weight is 386 g/mol. The van der Waals surface area contributed by atoms with E-state index in [-0.39, 0.29) is 0 Å². The second-order valence-corrected chi connectivity index (χ2v) is 8.47. The van der Waals surface area contributed by atoms with Crippen molar-refractivity contribution in [1.82, 2.24) is 19.7 Å². The first-order valence-corrected chi connectivity index (χ1v) is 10.5. The third-order valence-corrected chi connectivity index (χ3v) is 6.09. The highest BCUT2D eigenvalue weighted by atomic mass is 16.2. The zero-order valence-electron chi connectivity index (χ0n) is 16.8. The number of aromatic nitrogens is 3. The molecule has 2 aliphatic rings. The molecule has 5 rings (SSSR count). The number of carbonyl (C=O) groups is 1. The Labute approximate surface area is 171 Å². The van der Waals surface area contributed by atoms with Crippen LogP contribution in [0.1, 0.15) is 24.8 Å². The van der Waals surface area contributed by atoms with Crippen LogP contribution >= 0.6 is 0 Å². The van der Waals surface area contributed by atoms with Gasteiger partial charge in [-0.3, -0.25) is 4.79 Å². The summed E-state index contributed by atoms with van der Waals surface area (Å²) < 4.78 is 2.14. The molecular weight excluding hydrogens is 360 g/mol. The molecule has 0 N–H and O–H groups in total. The van der Waals surface area contributed by atoms with E-state index in [9.17, 15) is 4.79 Å². The van der Waals surface area contributed by atoms with Crippen LogP contribution in [0.15, 0.2) is 54.9 Å². The molecule has 1 saturated carbocycles. The molecule has 2 heterocycles. The molecule has 5 nitrogen and oxygen atoms in total. The SMILES string of the molecule is Cc1cccc(-c2ccc(-c3nncn3CC3CCN(C(=O)C4CC4)C3)cc2)c1. The molecule has 3 aromatic rings. The molecule has 0 bridgehead atoms. The van der Waals surface area contributed by atoms with Gasteiger partial charge in [0, 0.05) is 31.1 Å². The number of amides is 1. The molecule has 29 heavy (non-hydrogen) atoms. The average Bonchev–Trinajstić information content (AvgIpc) is 3.32. The van der Waals surface area contributed by atoms with E-state index in [0.29, 0.717) is 17.7 Å². The highest BCUT2D eigenvalue weighted by molar-refractivity contribution is 5.81. The number of hydrogen-bond donors (Lipinski definition) is 0. The van der Waals surface area contributed by atoms with Gasteiger partial charge in [-0.2, -0.15) is 0 Å². The Kier molecular flexibility index (Phi) is 4.66. The van der Waals surface area contributed by atoms with Crippen molar-refractivity contribution in [3.8, 4) is 22.5 Å². The lowest BCUT2D eigenvalue weighted by molar-refractivity contribution is -0.131. The van der Waals surface area contributed by atoms with E-state index < -0.39 is 0 Å². The van der Waals surface area contributed by atoms with E-state index in [1.54, 1.807) is 0 Å². The van der Waals surface area contributed by atoms with Crippen LogP contribution < -0.4 is 0 Å². The number of hydrogen-bond acceptors (Lipinski definition) is 3. The fourth-order valence-corrected chi connectivity index (χ4v) is 4.30. The first kappa shape index (κ1) is 18.1. The largest absolute Gasteiger partial charge is 0.342 e. The van der Waals surface area contributed by atoms with Crippen LogP contribution in [-0.4, -0.2) is 38.7 Å². The minimum atomic E-state index is 0.311. The van der Waals surface area contributed by atoms with Gasteiger partial charge in [0.1, 0.15) is 6.33 Å². The van der Waals surface area contributed by atoms with Gasteiger partial charge in [-0.05, 0) is 43.2 Å². The van der Waals surface area contributed by atoms with E-state index in [1.807, 2.05) is 6.33 Å². The summed E-state index contributed by atoms with van der Waals surface area (Å²) in [4.78, 5) is 14.4. The van der Waals surface area contributed by atoms with E-state index in [1.165, 1.54) is 16.7 Å². The van der Waals surface area contributed by atoms with Gasteiger partial charge in [0.15, 0.2) is 5.82 Å². The summed E-state index contributed by atoms with van der Waals surface area (Å²) in [6.07, 6.45) is 5.03. The molecule has 0 radical (unpaired) electrons. The van der Waals surface area contributed by atoms with Crippen molar-refractivity contribution in [2.24, 2.45) is 11.8 Å². The van der Waals surface area contributed by atoms with Crippen LogP contribution in [0, 0.1) is 18.8 Å². The van der Waals surface area contributed by atoms with Crippen LogP contribution in [0.25, 0.3) is 22.5 Å². The summed E-state index contributed by atoms with van der Waals surface area (Å²) in [5, 5.41) is 8.53. The maximum absolute atomic E-state index is 12.3. The smallest absolute Gasteiger partial charge is 0.225 e. The third-order valence-electron chi connectivity index (χ3n) is 6.09. The van der Waals surface area contributed by atoms with E-state index in [2.05, 4.69) is 75.1 Å². The minimum Gasteiger partial charge on any atom is -0.342 e. The topological polar surface area (TPSA) is 51.0 Å². The van der Waals surface area contributed by atoms with Crippen LogP contribution in [0.5, 0.6) is 0 Å². The quantitative estimate of drug-likeness (QED) is 0.661. The highest BCUT2D eigenvalue weighted by Crippen LogP contribution is 2.33. The molecule has 148 valence electrons. The second-order valence-electron chi connectivity index (χ2n) is 8.47. The lowest BCUT2D eigenvalue weighted by Crippen LogP contribution is -2.30. The number of nitrogens with zero attached hydrogens (tertiary/aromatic N) is 4. The predicted octanol–water partition coefficient (Wildman–Crippen LogP) is 4.18. The Hall–Kier alpha value is -2.95. The van der Waals surface area contributed by atoms with Crippen molar-refractivity contribution in [2.45, 2.75) is 32.7 Å². The molecule has 2 aromatic carbocycles. The molecule has 1 amide bonds. The molecule has 1 aliphatic carbocycles. The summed E-state index contributed by atoms with van der Waals surface area (Å²) in [6.45, 7) is 4.72. The zero-order chi connectivity index (χ0) is 19.8. The maximum atomic E-state index is 12.3. The predicted molar refractivity (Wildman–Crippen MR) is 113 cm³/mol. The molecule has 1 aromatic heterocycles. The summed E-state index contributed by atoms with van der Waals surface area (Å²) in [5.41, 5.74) is 4.76. The lowest BCUT2D eigenvalue weighted by Gasteiger charge is -2.17. The number of likely N-dealkylation sites (tertiary alicyclic amines) is 1. The minimum absolute atomic E-state index is 0.311. The van der Waals surface area contributed by atoms with Gasteiger partial charge in [-0.1, -0.05) is 54.1 Å². The Morgan fingerprint density at radius 1 is 1.03 bits per heavy atom. The van der Waals surface area contributed by atoms with E-state index in [0.717, 1.165) is 50.3 Å². The number of rotatable bonds is 5. The molecule has 1 atom stereocenters. The standard InChI is InChI=1S/C24H26N4O/c1-17-3-2-4-22(13-17)19-5-7-20(8-6-19)23-26-25-16-28(23)15-18-11-12-27(14-18)24(29)21-9-10-21/h2-8,13,16,18,21H,9-12,14-15H2,1H3. The first-order chi connectivity index (χ1) is 14.2. The zero-order valence-corrected chi connectivity index (χ0v) is 16.8. The van der Waals surface area contributed by atoms with Crippen molar-refractivity contribution in [1.29, 1.82) is 0 Å². The third kappa shape index (κ3) is 3.82. The van der Waals surface area contributed by atoms with Crippen LogP contribution in [-0.2, 0) is 11.3 Å². The van der Waals surface area contributed by atoms with E-state index in [4.69, 9.17) is 0 Å². The number of carbonyl (C=O) groups excluding carboxylic acids is 1. The lowest BCUT2D eigenvalue weighted by atomic mass is 10.0. The normalized spacial score (nSPS) is 18.9. The van der Waals surface area contributed by atoms with Crippen LogP contribution in [0.4, 0.5) is 0 Å². The fourth-order valence-electron chi connectivity index (χ4n) is 4.30. The van der Waals surface area contributed by atoms with Crippen LogP contribution in [0.2, 0.25) is 0 Å². The first-order valence-electron chi connectivity index (χ1n) is 10.5. The summed E-state index contributed by atoms with van der Waals surface area (Å²) >= 11 is 0. The van der Waals surface area contributed by atoms with Crippen molar-refractivity contribution >= 4 is 5.91 Å². The van der Waals surface area contributed by atoms with Gasteiger partial charge < -0.3 is 9.47 Å². The van der Waals surface area contributed by atoms with Crippen molar-refractivity contribution in [3.63, 3.8) is 0 Å². The van der Waals surface area contributed by atoms with Crippen molar-refractivity contribution in [3.05, 3.63) is 60.4 Å². The summed E-state index contributed by atoms with van der Waals surface area (Å²) in [7, 11) is 0. The highest BCUT2D eigenvalue weighted by Gasteiger charge is 2.36. The van der Waals surface area contributed by atoms with E-state index >= 15 is 0 Å². The molecule has 1 aliphatic heterocycles. The fraction of sp³-hybridized carbons (Fsp3) is 0.375. The van der Waals surface area contributed by atoms with Gasteiger partial charge in [0.05, 0.1) is 0 Å². The van der Waals surface area contributed by atoms with Crippen molar-refractivity contribution in [2.75, 3.05) is 13.1 Å². The molecule has 1 saturated heterocycles. The second kappa shape index (κ2) is 7.47. The Bertz CT molecular complexity index is 1020. The Balaban J connectivity index is 1.29. The van der Waals surface area contributed by atoms with Gasteiger partial charge in [0.2, 0.25) is 5.91 Å². The molecule has 0 spiro atoms. The summed E-state index contributed by atoms with van der Waals surface area (Å²) in [6, 6.07) is 17.1.